The van der Waals surface area contributed by atoms with Crippen LogP contribution in [0.3, 0.4) is 0 Å². The fourth-order valence-corrected chi connectivity index (χ4v) is 2.51. The smallest absolute Gasteiger partial charge is 0.229 e. The lowest BCUT2D eigenvalue weighted by atomic mass is 10.2. The Bertz CT molecular complexity index is 918. The molecule has 0 bridgehead atoms. The van der Waals surface area contributed by atoms with Crippen molar-refractivity contribution in [1.29, 1.82) is 0 Å². The Balaban J connectivity index is 1.80. The average molecular weight is 371 g/mol. The summed E-state index contributed by atoms with van der Waals surface area (Å²) in [6.45, 7) is 1.95. The topological polar surface area (TPSA) is 68.3 Å². The van der Waals surface area contributed by atoms with E-state index in [-0.39, 0.29) is 0 Å². The maximum atomic E-state index is 6.16. The molecule has 0 spiro atoms. The van der Waals surface area contributed by atoms with E-state index >= 15 is 0 Å². The third-order valence-electron chi connectivity index (χ3n) is 3.75. The zero-order chi connectivity index (χ0) is 18.5. The SMILES string of the molecule is COc1ccc(Nc2ccnc(Nc3ccc(C)c(Cl)c3)n2)c(OC)c1. The van der Waals surface area contributed by atoms with Crippen molar-refractivity contribution >= 4 is 34.7 Å². The van der Waals surface area contributed by atoms with Crippen LogP contribution in [0, 0.1) is 6.92 Å². The first-order valence-electron chi connectivity index (χ1n) is 7.94. The monoisotopic (exact) mass is 370 g/mol. The normalized spacial score (nSPS) is 10.3. The average Bonchev–Trinajstić information content (AvgIpc) is 2.65. The van der Waals surface area contributed by atoms with Crippen LogP contribution < -0.4 is 20.1 Å². The van der Waals surface area contributed by atoms with Crippen LogP contribution in [0.1, 0.15) is 5.56 Å². The standard InChI is InChI=1S/C19H19ClN4O2/c1-12-4-5-13(10-15(12)20)22-19-21-9-8-18(24-19)23-16-7-6-14(25-2)11-17(16)26-3/h4-11H,1-3H3,(H2,21,22,23,24). The van der Waals surface area contributed by atoms with Crippen molar-refractivity contribution in [1.82, 2.24) is 9.97 Å². The highest BCUT2D eigenvalue weighted by atomic mass is 35.5. The molecule has 0 saturated carbocycles. The van der Waals surface area contributed by atoms with Crippen molar-refractivity contribution in [3.8, 4) is 11.5 Å². The van der Waals surface area contributed by atoms with E-state index in [4.69, 9.17) is 21.1 Å². The molecule has 1 aromatic heterocycles. The Labute approximate surface area is 157 Å². The lowest BCUT2D eigenvalue weighted by Gasteiger charge is -2.13. The van der Waals surface area contributed by atoms with Crippen LogP contribution in [-0.4, -0.2) is 24.2 Å². The summed E-state index contributed by atoms with van der Waals surface area (Å²) < 4.78 is 10.6. The Morgan fingerprint density at radius 1 is 0.962 bits per heavy atom. The third kappa shape index (κ3) is 4.15. The van der Waals surface area contributed by atoms with Crippen molar-refractivity contribution in [3.05, 3.63) is 59.2 Å². The number of methoxy groups -OCH3 is 2. The van der Waals surface area contributed by atoms with Gasteiger partial charge in [-0.25, -0.2) is 4.98 Å². The molecule has 0 aliphatic rings. The molecule has 2 N–H and O–H groups in total. The number of nitrogens with zero attached hydrogens (tertiary/aromatic N) is 2. The second-order valence-corrected chi connectivity index (χ2v) is 5.95. The number of anilines is 4. The molecule has 3 rings (SSSR count). The minimum Gasteiger partial charge on any atom is -0.497 e. The summed E-state index contributed by atoms with van der Waals surface area (Å²) in [5.74, 6) is 2.46. The first-order chi connectivity index (χ1) is 12.6. The Morgan fingerprint density at radius 3 is 2.54 bits per heavy atom. The van der Waals surface area contributed by atoms with E-state index in [1.54, 1.807) is 32.5 Å². The van der Waals surface area contributed by atoms with Crippen molar-refractivity contribution in [2.75, 3.05) is 24.9 Å². The van der Waals surface area contributed by atoms with Gasteiger partial charge in [0, 0.05) is 23.0 Å². The summed E-state index contributed by atoms with van der Waals surface area (Å²) in [6.07, 6.45) is 1.67. The van der Waals surface area contributed by atoms with Gasteiger partial charge in [-0.15, -0.1) is 0 Å². The quantitative estimate of drug-likeness (QED) is 0.640. The fourth-order valence-electron chi connectivity index (χ4n) is 2.33. The Morgan fingerprint density at radius 2 is 1.81 bits per heavy atom. The largest absolute Gasteiger partial charge is 0.497 e. The van der Waals surface area contributed by atoms with Gasteiger partial charge in [0.05, 0.1) is 19.9 Å². The van der Waals surface area contributed by atoms with Crippen LogP contribution in [0.2, 0.25) is 5.02 Å². The second kappa shape index (κ2) is 7.93. The number of nitrogens with one attached hydrogen (secondary N) is 2. The molecule has 0 atom stereocenters. The first-order valence-corrected chi connectivity index (χ1v) is 8.32. The van der Waals surface area contributed by atoms with Crippen molar-refractivity contribution < 1.29 is 9.47 Å². The molecule has 0 amide bonds. The summed E-state index contributed by atoms with van der Waals surface area (Å²) >= 11 is 6.16. The summed E-state index contributed by atoms with van der Waals surface area (Å²) in [7, 11) is 3.22. The molecule has 0 aliphatic heterocycles. The molecule has 2 aromatic carbocycles. The maximum Gasteiger partial charge on any atom is 0.229 e. The predicted molar refractivity (Wildman–Crippen MR) is 104 cm³/mol. The van der Waals surface area contributed by atoms with Gasteiger partial charge in [-0.1, -0.05) is 17.7 Å². The van der Waals surface area contributed by atoms with E-state index in [9.17, 15) is 0 Å². The molecular weight excluding hydrogens is 352 g/mol. The number of aromatic nitrogens is 2. The van der Waals surface area contributed by atoms with Gasteiger partial charge in [0.1, 0.15) is 17.3 Å². The minimum absolute atomic E-state index is 0.461. The molecular formula is C19H19ClN4O2. The lowest BCUT2D eigenvalue weighted by Crippen LogP contribution is -2.01. The third-order valence-corrected chi connectivity index (χ3v) is 4.16. The number of hydrogen-bond donors (Lipinski definition) is 2. The van der Waals surface area contributed by atoms with Crippen LogP contribution in [0.5, 0.6) is 11.5 Å². The highest BCUT2D eigenvalue weighted by Gasteiger charge is 2.07. The van der Waals surface area contributed by atoms with Gasteiger partial charge in [0.25, 0.3) is 0 Å². The molecule has 134 valence electrons. The van der Waals surface area contributed by atoms with Gasteiger partial charge in [0.2, 0.25) is 5.95 Å². The molecule has 3 aromatic rings. The van der Waals surface area contributed by atoms with Crippen molar-refractivity contribution in [3.63, 3.8) is 0 Å². The molecule has 0 unspecified atom stereocenters. The van der Waals surface area contributed by atoms with E-state index in [2.05, 4.69) is 20.6 Å². The molecule has 26 heavy (non-hydrogen) atoms. The highest BCUT2D eigenvalue weighted by Crippen LogP contribution is 2.31. The number of ether oxygens (including phenoxy) is 2. The zero-order valence-electron chi connectivity index (χ0n) is 14.7. The van der Waals surface area contributed by atoms with Crippen molar-refractivity contribution in [2.45, 2.75) is 6.92 Å². The highest BCUT2D eigenvalue weighted by molar-refractivity contribution is 6.31. The molecule has 0 radical (unpaired) electrons. The molecule has 7 heteroatoms. The Hall–Kier alpha value is -2.99. The predicted octanol–water partition coefficient (Wildman–Crippen LogP) is 4.94. The lowest BCUT2D eigenvalue weighted by molar-refractivity contribution is 0.395. The number of rotatable bonds is 6. The Kier molecular flexibility index (Phi) is 5.43. The van der Waals surface area contributed by atoms with Crippen LogP contribution in [0.15, 0.2) is 48.7 Å². The van der Waals surface area contributed by atoms with Crippen molar-refractivity contribution in [2.24, 2.45) is 0 Å². The molecule has 0 fully saturated rings. The zero-order valence-corrected chi connectivity index (χ0v) is 15.5. The first kappa shape index (κ1) is 17.8. The van der Waals surface area contributed by atoms with Crippen LogP contribution in [-0.2, 0) is 0 Å². The van der Waals surface area contributed by atoms with Gasteiger partial charge < -0.3 is 20.1 Å². The number of aryl methyl sites for hydroxylation is 1. The van der Waals surface area contributed by atoms with E-state index in [0.717, 1.165) is 16.9 Å². The van der Waals surface area contributed by atoms with Crippen LogP contribution >= 0.6 is 11.6 Å². The van der Waals surface area contributed by atoms with Gasteiger partial charge in [-0.2, -0.15) is 4.98 Å². The van der Waals surface area contributed by atoms with E-state index in [0.29, 0.717) is 28.3 Å². The van der Waals surface area contributed by atoms with E-state index in [1.165, 1.54) is 0 Å². The summed E-state index contributed by atoms with van der Waals surface area (Å²) in [5, 5.41) is 7.06. The summed E-state index contributed by atoms with van der Waals surface area (Å²) in [6, 6.07) is 13.0. The summed E-state index contributed by atoms with van der Waals surface area (Å²) in [4.78, 5) is 8.71. The van der Waals surface area contributed by atoms with Gasteiger partial charge >= 0.3 is 0 Å². The van der Waals surface area contributed by atoms with Crippen LogP contribution in [0.4, 0.5) is 23.1 Å². The van der Waals surface area contributed by atoms with Gasteiger partial charge in [-0.3, -0.25) is 0 Å². The molecule has 6 nitrogen and oxygen atoms in total. The molecule has 1 heterocycles. The molecule has 0 aliphatic carbocycles. The minimum atomic E-state index is 0.461. The summed E-state index contributed by atoms with van der Waals surface area (Å²) in [5.41, 5.74) is 2.61. The fraction of sp³-hybridized carbons (Fsp3) is 0.158. The van der Waals surface area contributed by atoms with Gasteiger partial charge in [-0.05, 0) is 42.8 Å². The number of hydrogen-bond acceptors (Lipinski definition) is 6. The number of halogens is 1. The maximum absolute atomic E-state index is 6.16. The molecule has 0 saturated heterocycles. The van der Waals surface area contributed by atoms with E-state index in [1.807, 2.05) is 37.3 Å². The number of benzene rings is 2. The second-order valence-electron chi connectivity index (χ2n) is 5.55. The van der Waals surface area contributed by atoms with Crippen LogP contribution in [0.25, 0.3) is 0 Å². The van der Waals surface area contributed by atoms with E-state index < -0.39 is 0 Å². The van der Waals surface area contributed by atoms with Gasteiger partial charge in [0.15, 0.2) is 0 Å².